The zero-order valence-corrected chi connectivity index (χ0v) is 12.6. The van der Waals surface area contributed by atoms with E-state index in [9.17, 15) is 9.90 Å². The summed E-state index contributed by atoms with van der Waals surface area (Å²) >= 11 is 0. The molecule has 0 amide bonds. The Morgan fingerprint density at radius 2 is 1.90 bits per heavy atom. The second-order valence-corrected chi connectivity index (χ2v) is 5.71. The first-order valence-electron chi connectivity index (χ1n) is 6.49. The SMILES string of the molecule is C=CC(C)(O)C=CC1=C(C)C(=O)CCC1(C)C.O=CO. The van der Waals surface area contributed by atoms with Gasteiger partial charge in [0.05, 0.1) is 5.60 Å². The fourth-order valence-electron chi connectivity index (χ4n) is 2.08. The van der Waals surface area contributed by atoms with E-state index in [2.05, 4.69) is 20.4 Å². The van der Waals surface area contributed by atoms with Crippen LogP contribution in [0.15, 0.2) is 36.0 Å². The maximum Gasteiger partial charge on any atom is 0.290 e. The van der Waals surface area contributed by atoms with Crippen molar-refractivity contribution in [3.8, 4) is 0 Å². The first kappa shape index (κ1) is 18.3. The van der Waals surface area contributed by atoms with Crippen molar-refractivity contribution in [1.82, 2.24) is 0 Å². The molecule has 1 aliphatic carbocycles. The van der Waals surface area contributed by atoms with E-state index < -0.39 is 5.60 Å². The Balaban J connectivity index is 0.00000110. The minimum Gasteiger partial charge on any atom is -0.483 e. The van der Waals surface area contributed by atoms with Crippen LogP contribution in [0.2, 0.25) is 0 Å². The largest absolute Gasteiger partial charge is 0.483 e. The van der Waals surface area contributed by atoms with Crippen LogP contribution in [0.4, 0.5) is 0 Å². The van der Waals surface area contributed by atoms with Crippen LogP contribution >= 0.6 is 0 Å². The molecule has 0 aromatic carbocycles. The summed E-state index contributed by atoms with van der Waals surface area (Å²) in [7, 11) is 0. The Labute approximate surface area is 120 Å². The molecule has 0 saturated heterocycles. The van der Waals surface area contributed by atoms with Gasteiger partial charge in [0, 0.05) is 6.42 Å². The third-order valence-corrected chi connectivity index (χ3v) is 3.53. The van der Waals surface area contributed by atoms with Gasteiger partial charge in [-0.15, -0.1) is 0 Å². The van der Waals surface area contributed by atoms with Crippen LogP contribution in [0.25, 0.3) is 0 Å². The number of hydrogen-bond donors (Lipinski definition) is 2. The molecule has 0 aromatic rings. The lowest BCUT2D eigenvalue weighted by atomic mass is 9.72. The zero-order valence-electron chi connectivity index (χ0n) is 12.6. The van der Waals surface area contributed by atoms with Gasteiger partial charge in [-0.3, -0.25) is 9.59 Å². The van der Waals surface area contributed by atoms with E-state index in [1.807, 2.05) is 13.0 Å². The zero-order chi connectivity index (χ0) is 16.0. The van der Waals surface area contributed by atoms with Crippen LogP contribution < -0.4 is 0 Å². The van der Waals surface area contributed by atoms with Crippen LogP contribution in [0, 0.1) is 5.41 Å². The molecule has 0 spiro atoms. The molecule has 0 aromatic heterocycles. The molecule has 1 aliphatic rings. The summed E-state index contributed by atoms with van der Waals surface area (Å²) in [5, 5.41) is 16.8. The third kappa shape index (κ3) is 5.13. The first-order chi connectivity index (χ1) is 9.11. The summed E-state index contributed by atoms with van der Waals surface area (Å²) < 4.78 is 0. The van der Waals surface area contributed by atoms with Gasteiger partial charge >= 0.3 is 0 Å². The standard InChI is InChI=1S/C15H22O2.CH2O2/c1-6-15(5,17)10-7-12-11(2)13(16)8-9-14(12,3)4;2-1-3/h6-7,10,17H,1,8-9H2,2-5H3;1H,(H,2,3). The van der Waals surface area contributed by atoms with Crippen molar-refractivity contribution in [3.05, 3.63) is 36.0 Å². The Morgan fingerprint density at radius 3 is 2.35 bits per heavy atom. The van der Waals surface area contributed by atoms with Gasteiger partial charge in [0.2, 0.25) is 0 Å². The molecule has 1 rings (SSSR count). The van der Waals surface area contributed by atoms with Crippen molar-refractivity contribution in [1.29, 1.82) is 0 Å². The van der Waals surface area contributed by atoms with Crippen molar-refractivity contribution in [2.75, 3.05) is 0 Å². The number of carbonyl (C=O) groups excluding carboxylic acids is 1. The monoisotopic (exact) mass is 280 g/mol. The van der Waals surface area contributed by atoms with Crippen molar-refractivity contribution in [2.24, 2.45) is 5.41 Å². The smallest absolute Gasteiger partial charge is 0.290 e. The number of Topliss-reactive ketones (excluding diaryl/α,β-unsaturated/α-hetero) is 1. The van der Waals surface area contributed by atoms with Gasteiger partial charge in [0.25, 0.3) is 6.47 Å². The number of rotatable bonds is 3. The maximum atomic E-state index is 11.7. The van der Waals surface area contributed by atoms with Gasteiger partial charge in [-0.05, 0) is 42.9 Å². The summed E-state index contributed by atoms with van der Waals surface area (Å²) in [6.45, 7) is 11.1. The average molecular weight is 280 g/mol. The number of allylic oxidation sites excluding steroid dienone is 3. The van der Waals surface area contributed by atoms with Gasteiger partial charge in [-0.1, -0.05) is 32.6 Å². The first-order valence-corrected chi connectivity index (χ1v) is 6.49. The highest BCUT2D eigenvalue weighted by atomic mass is 16.3. The normalized spacial score (nSPS) is 20.9. The Bertz CT molecular complexity index is 439. The van der Waals surface area contributed by atoms with Crippen LogP contribution in [-0.4, -0.2) is 28.1 Å². The summed E-state index contributed by atoms with van der Waals surface area (Å²) in [5.74, 6) is 0.210. The number of carbonyl (C=O) groups is 2. The molecule has 1 unspecified atom stereocenters. The predicted octanol–water partition coefficient (Wildman–Crippen LogP) is 2.89. The highest BCUT2D eigenvalue weighted by Crippen LogP contribution is 2.39. The van der Waals surface area contributed by atoms with Crippen molar-refractivity contribution in [2.45, 2.75) is 46.1 Å². The van der Waals surface area contributed by atoms with Crippen LogP contribution in [0.3, 0.4) is 0 Å². The lowest BCUT2D eigenvalue weighted by molar-refractivity contribution is -0.123. The number of hydrogen-bond acceptors (Lipinski definition) is 3. The van der Waals surface area contributed by atoms with Crippen LogP contribution in [0.5, 0.6) is 0 Å². The highest BCUT2D eigenvalue weighted by molar-refractivity contribution is 5.97. The topological polar surface area (TPSA) is 74.6 Å². The molecule has 1 atom stereocenters. The molecule has 0 saturated carbocycles. The van der Waals surface area contributed by atoms with Gasteiger partial charge in [-0.25, -0.2) is 0 Å². The molecular formula is C16H24O4. The number of carboxylic acid groups (broad SMARTS) is 1. The molecule has 0 aliphatic heterocycles. The van der Waals surface area contributed by atoms with E-state index in [4.69, 9.17) is 9.90 Å². The summed E-state index contributed by atoms with van der Waals surface area (Å²) in [4.78, 5) is 20.1. The van der Waals surface area contributed by atoms with Crippen LogP contribution in [0.1, 0.15) is 40.5 Å². The Morgan fingerprint density at radius 1 is 1.40 bits per heavy atom. The molecule has 2 N–H and O–H groups in total. The molecule has 0 heterocycles. The minimum absolute atomic E-state index is 0.00819. The fraction of sp³-hybridized carbons (Fsp3) is 0.500. The second kappa shape index (κ2) is 7.20. The van der Waals surface area contributed by atoms with E-state index in [1.165, 1.54) is 6.08 Å². The predicted molar refractivity (Wildman–Crippen MR) is 79.4 cm³/mol. The molecule has 112 valence electrons. The van der Waals surface area contributed by atoms with Gasteiger partial charge in [0.1, 0.15) is 0 Å². The average Bonchev–Trinajstić information content (AvgIpc) is 2.35. The van der Waals surface area contributed by atoms with Crippen molar-refractivity contribution >= 4 is 12.3 Å². The van der Waals surface area contributed by atoms with Crippen molar-refractivity contribution in [3.63, 3.8) is 0 Å². The second-order valence-electron chi connectivity index (χ2n) is 5.71. The Kier molecular flexibility index (Phi) is 6.59. The van der Waals surface area contributed by atoms with E-state index in [0.29, 0.717) is 6.42 Å². The van der Waals surface area contributed by atoms with Crippen molar-refractivity contribution < 1.29 is 19.8 Å². The maximum absolute atomic E-state index is 11.7. The van der Waals surface area contributed by atoms with E-state index in [0.717, 1.165) is 17.6 Å². The van der Waals surface area contributed by atoms with Gasteiger partial charge in [-0.2, -0.15) is 0 Å². The molecule has 0 bridgehead atoms. The molecule has 0 fully saturated rings. The number of ketones is 1. The highest BCUT2D eigenvalue weighted by Gasteiger charge is 2.31. The lowest BCUT2D eigenvalue weighted by Crippen LogP contribution is -2.25. The number of aliphatic hydroxyl groups is 1. The van der Waals surface area contributed by atoms with E-state index in [-0.39, 0.29) is 17.7 Å². The van der Waals surface area contributed by atoms with Crippen LogP contribution in [-0.2, 0) is 9.59 Å². The minimum atomic E-state index is -1.02. The van der Waals surface area contributed by atoms with E-state index in [1.54, 1.807) is 13.0 Å². The van der Waals surface area contributed by atoms with E-state index >= 15 is 0 Å². The summed E-state index contributed by atoms with van der Waals surface area (Å²) in [6.07, 6.45) is 6.53. The third-order valence-electron chi connectivity index (χ3n) is 3.53. The molecule has 20 heavy (non-hydrogen) atoms. The molecule has 4 heteroatoms. The Hall–Kier alpha value is -1.68. The molecule has 4 nitrogen and oxygen atoms in total. The van der Waals surface area contributed by atoms with Gasteiger partial charge in [0.15, 0.2) is 5.78 Å². The lowest BCUT2D eigenvalue weighted by Gasteiger charge is -2.32. The molecule has 0 radical (unpaired) electrons. The quantitative estimate of drug-likeness (QED) is 0.615. The summed E-state index contributed by atoms with van der Waals surface area (Å²) in [5.41, 5.74) is 0.809. The fourth-order valence-corrected chi connectivity index (χ4v) is 2.08. The summed E-state index contributed by atoms with van der Waals surface area (Å²) in [6, 6.07) is 0. The van der Waals surface area contributed by atoms with Gasteiger partial charge < -0.3 is 10.2 Å². The molecular weight excluding hydrogens is 256 g/mol.